The van der Waals surface area contributed by atoms with Gasteiger partial charge >= 0.3 is 0 Å². The summed E-state index contributed by atoms with van der Waals surface area (Å²) in [4.78, 5) is 4.67. The highest BCUT2D eigenvalue weighted by Gasteiger charge is 2.16. The Hall–Kier alpha value is -0.860. The number of nitrogens with one attached hydrogen (secondary N) is 2. The van der Waals surface area contributed by atoms with Crippen molar-refractivity contribution in [2.24, 2.45) is 4.99 Å². The first-order valence-electron chi connectivity index (χ1n) is 10.3. The topological polar surface area (TPSA) is 67.1 Å². The molecule has 1 aromatic rings. The summed E-state index contributed by atoms with van der Waals surface area (Å²) in [5, 5.41) is 15.3. The Morgan fingerprint density at radius 2 is 1.73 bits per heavy atom. The number of aromatic nitrogens is 3. The normalized spacial score (nSPS) is 13.4. The standard InChI is InChI=1S/C19H36N6.HI/c1-3-5-6-7-8-9-10-11-14-21-19(20-4-2)22-16-18-24-23-17-13-12-15-25(17)18;/h3-16H2,1-2H3,(H2,20,21,22);1H. The molecule has 2 N–H and O–H groups in total. The second kappa shape index (κ2) is 14.2. The maximum Gasteiger partial charge on any atom is 0.191 e. The van der Waals surface area contributed by atoms with Gasteiger partial charge < -0.3 is 15.2 Å². The van der Waals surface area contributed by atoms with Crippen molar-refractivity contribution in [1.82, 2.24) is 25.4 Å². The van der Waals surface area contributed by atoms with Crippen LogP contribution in [0.25, 0.3) is 0 Å². The first-order valence-corrected chi connectivity index (χ1v) is 10.3. The molecule has 2 heterocycles. The fourth-order valence-corrected chi connectivity index (χ4v) is 3.28. The van der Waals surface area contributed by atoms with Gasteiger partial charge in [-0.25, -0.2) is 4.99 Å². The Balaban J connectivity index is 0.00000338. The molecule has 6 nitrogen and oxygen atoms in total. The van der Waals surface area contributed by atoms with Gasteiger partial charge in [0.2, 0.25) is 0 Å². The van der Waals surface area contributed by atoms with E-state index < -0.39 is 0 Å². The van der Waals surface area contributed by atoms with Crippen LogP contribution in [0.3, 0.4) is 0 Å². The second-order valence-electron chi connectivity index (χ2n) is 6.88. The minimum absolute atomic E-state index is 0. The molecule has 0 spiro atoms. The third-order valence-electron chi connectivity index (χ3n) is 4.73. The summed E-state index contributed by atoms with van der Waals surface area (Å²) in [5.74, 6) is 2.99. The molecule has 0 bridgehead atoms. The number of aryl methyl sites for hydroxylation is 1. The molecular formula is C19H37IN6. The van der Waals surface area contributed by atoms with Crippen molar-refractivity contribution in [3.8, 4) is 0 Å². The molecule has 0 saturated carbocycles. The quantitative estimate of drug-likeness (QED) is 0.207. The van der Waals surface area contributed by atoms with Crippen molar-refractivity contribution in [1.29, 1.82) is 0 Å². The monoisotopic (exact) mass is 476 g/mol. The largest absolute Gasteiger partial charge is 0.357 e. The first kappa shape index (κ1) is 23.2. The molecule has 0 aliphatic carbocycles. The third-order valence-corrected chi connectivity index (χ3v) is 4.73. The highest BCUT2D eigenvalue weighted by atomic mass is 127. The van der Waals surface area contributed by atoms with E-state index in [1.54, 1.807) is 0 Å². The Labute approximate surface area is 176 Å². The molecule has 1 aromatic heterocycles. The van der Waals surface area contributed by atoms with Crippen LogP contribution in [0.5, 0.6) is 0 Å². The van der Waals surface area contributed by atoms with Crippen LogP contribution < -0.4 is 10.6 Å². The number of rotatable bonds is 12. The lowest BCUT2D eigenvalue weighted by molar-refractivity contribution is 0.571. The van der Waals surface area contributed by atoms with Gasteiger partial charge in [0.1, 0.15) is 12.4 Å². The van der Waals surface area contributed by atoms with E-state index in [0.29, 0.717) is 6.54 Å². The predicted molar refractivity (Wildman–Crippen MR) is 119 cm³/mol. The van der Waals surface area contributed by atoms with Crippen LogP contribution in [-0.4, -0.2) is 33.8 Å². The molecule has 0 aromatic carbocycles. The van der Waals surface area contributed by atoms with Crippen LogP contribution in [0.15, 0.2) is 4.99 Å². The molecule has 0 radical (unpaired) electrons. The average molecular weight is 476 g/mol. The van der Waals surface area contributed by atoms with Crippen LogP contribution in [0, 0.1) is 0 Å². The van der Waals surface area contributed by atoms with Crippen LogP contribution >= 0.6 is 24.0 Å². The summed E-state index contributed by atoms with van der Waals surface area (Å²) in [6.07, 6.45) is 13.0. The van der Waals surface area contributed by atoms with Gasteiger partial charge in [0.15, 0.2) is 11.8 Å². The van der Waals surface area contributed by atoms with E-state index >= 15 is 0 Å². The summed E-state index contributed by atoms with van der Waals surface area (Å²) in [5.41, 5.74) is 0. The molecule has 0 unspecified atom stereocenters. The zero-order valence-electron chi connectivity index (χ0n) is 16.6. The SMILES string of the molecule is CCCCCCCCCCNC(=NCc1nnc2n1CCC2)NCC.I. The van der Waals surface area contributed by atoms with E-state index in [0.717, 1.165) is 43.7 Å². The van der Waals surface area contributed by atoms with Gasteiger partial charge in [-0.2, -0.15) is 0 Å². The van der Waals surface area contributed by atoms with E-state index in [4.69, 9.17) is 0 Å². The Bertz CT molecular complexity index is 514. The number of hydrogen-bond donors (Lipinski definition) is 2. The minimum Gasteiger partial charge on any atom is -0.357 e. The van der Waals surface area contributed by atoms with Crippen LogP contribution in [0.1, 0.15) is 83.3 Å². The molecule has 26 heavy (non-hydrogen) atoms. The lowest BCUT2D eigenvalue weighted by Gasteiger charge is -2.11. The molecule has 0 amide bonds. The molecule has 0 fully saturated rings. The first-order chi connectivity index (χ1) is 12.3. The van der Waals surface area contributed by atoms with Crippen LogP contribution in [0.4, 0.5) is 0 Å². The molecule has 0 atom stereocenters. The van der Waals surface area contributed by atoms with Crippen molar-refractivity contribution >= 4 is 29.9 Å². The number of halogens is 1. The highest BCUT2D eigenvalue weighted by Crippen LogP contribution is 2.14. The Kier molecular flexibility index (Phi) is 12.7. The number of hydrogen-bond acceptors (Lipinski definition) is 3. The predicted octanol–water partition coefficient (Wildman–Crippen LogP) is 4.04. The molecular weight excluding hydrogens is 439 g/mol. The van der Waals surface area contributed by atoms with Gasteiger partial charge in [-0.05, 0) is 19.8 Å². The lowest BCUT2D eigenvalue weighted by atomic mass is 10.1. The van der Waals surface area contributed by atoms with Crippen molar-refractivity contribution < 1.29 is 0 Å². The zero-order chi connectivity index (χ0) is 17.7. The average Bonchev–Trinajstić information content (AvgIpc) is 3.22. The molecule has 0 saturated heterocycles. The molecule has 1 aliphatic heterocycles. The van der Waals surface area contributed by atoms with E-state index in [2.05, 4.69) is 44.2 Å². The van der Waals surface area contributed by atoms with E-state index in [9.17, 15) is 0 Å². The fourth-order valence-electron chi connectivity index (χ4n) is 3.28. The Morgan fingerprint density at radius 3 is 2.46 bits per heavy atom. The van der Waals surface area contributed by atoms with Crippen molar-refractivity contribution in [3.63, 3.8) is 0 Å². The fraction of sp³-hybridized carbons (Fsp3) is 0.842. The number of aliphatic imine (C=N–C) groups is 1. The van der Waals surface area contributed by atoms with Crippen molar-refractivity contribution in [3.05, 3.63) is 11.6 Å². The maximum absolute atomic E-state index is 4.67. The highest BCUT2D eigenvalue weighted by molar-refractivity contribution is 14.0. The van der Waals surface area contributed by atoms with Gasteiger partial charge in [-0.15, -0.1) is 34.2 Å². The summed E-state index contributed by atoms with van der Waals surface area (Å²) < 4.78 is 2.21. The minimum atomic E-state index is 0. The van der Waals surface area contributed by atoms with Gasteiger partial charge in [-0.1, -0.05) is 51.9 Å². The summed E-state index contributed by atoms with van der Waals surface area (Å²) >= 11 is 0. The lowest BCUT2D eigenvalue weighted by Crippen LogP contribution is -2.37. The number of fused-ring (bicyclic) bond motifs is 1. The molecule has 1 aliphatic rings. The smallest absolute Gasteiger partial charge is 0.191 e. The van der Waals surface area contributed by atoms with Gasteiger partial charge in [0, 0.05) is 26.1 Å². The van der Waals surface area contributed by atoms with Gasteiger partial charge in [-0.3, -0.25) is 0 Å². The van der Waals surface area contributed by atoms with Crippen LogP contribution in [-0.2, 0) is 19.5 Å². The van der Waals surface area contributed by atoms with Crippen molar-refractivity contribution in [2.75, 3.05) is 13.1 Å². The van der Waals surface area contributed by atoms with Gasteiger partial charge in [0.25, 0.3) is 0 Å². The summed E-state index contributed by atoms with van der Waals surface area (Å²) in [6, 6.07) is 0. The van der Waals surface area contributed by atoms with Gasteiger partial charge in [0.05, 0.1) is 0 Å². The molecule has 7 heteroatoms. The second-order valence-corrected chi connectivity index (χ2v) is 6.88. The zero-order valence-corrected chi connectivity index (χ0v) is 18.9. The number of unbranched alkanes of at least 4 members (excludes halogenated alkanes) is 7. The third kappa shape index (κ3) is 8.22. The van der Waals surface area contributed by atoms with E-state index in [1.807, 2.05) is 0 Å². The molecule has 2 rings (SSSR count). The van der Waals surface area contributed by atoms with E-state index in [1.165, 1.54) is 57.8 Å². The number of guanidine groups is 1. The van der Waals surface area contributed by atoms with E-state index in [-0.39, 0.29) is 24.0 Å². The van der Waals surface area contributed by atoms with Crippen molar-refractivity contribution in [2.45, 2.75) is 91.1 Å². The summed E-state index contributed by atoms with van der Waals surface area (Å²) in [6.45, 7) is 7.86. The summed E-state index contributed by atoms with van der Waals surface area (Å²) in [7, 11) is 0. The molecule has 150 valence electrons. The Morgan fingerprint density at radius 1 is 1.00 bits per heavy atom. The maximum atomic E-state index is 4.67. The van der Waals surface area contributed by atoms with Crippen LogP contribution in [0.2, 0.25) is 0 Å². The number of nitrogens with zero attached hydrogens (tertiary/aromatic N) is 4.